The number of aliphatic hydroxyl groups excluding tert-OH is 1. The second-order valence-corrected chi connectivity index (χ2v) is 9.06. The van der Waals surface area contributed by atoms with E-state index in [4.69, 9.17) is 15.6 Å². The topological polar surface area (TPSA) is 71.1 Å². The van der Waals surface area contributed by atoms with E-state index in [1.807, 2.05) is 24.3 Å². The minimum atomic E-state index is -0.216. The van der Waals surface area contributed by atoms with Crippen LogP contribution in [0.3, 0.4) is 0 Å². The molecule has 5 rings (SSSR count). The second-order valence-electron chi connectivity index (χ2n) is 9.06. The van der Waals surface area contributed by atoms with Crippen LogP contribution in [0, 0.1) is 5.92 Å². The molecule has 0 saturated heterocycles. The molecule has 1 saturated carbocycles. The van der Waals surface area contributed by atoms with Crippen molar-refractivity contribution in [2.45, 2.75) is 44.2 Å². The van der Waals surface area contributed by atoms with Crippen molar-refractivity contribution in [2.75, 3.05) is 17.9 Å². The Balaban J connectivity index is 1.48. The lowest BCUT2D eigenvalue weighted by Gasteiger charge is -2.31. The van der Waals surface area contributed by atoms with Crippen LogP contribution >= 0.6 is 0 Å². The fraction of sp³-hybridized carbons (Fsp3) is 0.321. The van der Waals surface area contributed by atoms with Crippen molar-refractivity contribution >= 4 is 17.1 Å². The van der Waals surface area contributed by atoms with Crippen molar-refractivity contribution in [3.63, 3.8) is 0 Å². The number of fused-ring (bicyclic) bond motifs is 1. The highest BCUT2D eigenvalue weighted by molar-refractivity contribution is 6.05. The third-order valence-corrected chi connectivity index (χ3v) is 6.96. The summed E-state index contributed by atoms with van der Waals surface area (Å²) in [7, 11) is 1.68. The Hall–Kier alpha value is -3.31. The average Bonchev–Trinajstić information content (AvgIpc) is 3.19. The molecule has 5 nitrogen and oxygen atoms in total. The van der Waals surface area contributed by atoms with Gasteiger partial charge in [0.15, 0.2) is 0 Å². The third-order valence-electron chi connectivity index (χ3n) is 6.96. The number of nitrogen functional groups attached to an aromatic ring is 1. The van der Waals surface area contributed by atoms with Crippen LogP contribution in [0.5, 0.6) is 5.75 Å². The van der Waals surface area contributed by atoms with Crippen LogP contribution in [0.25, 0.3) is 11.1 Å². The van der Waals surface area contributed by atoms with Gasteiger partial charge in [-0.2, -0.15) is 5.10 Å². The third kappa shape index (κ3) is 4.46. The Morgan fingerprint density at radius 1 is 0.818 bits per heavy atom. The van der Waals surface area contributed by atoms with E-state index in [0.717, 1.165) is 60.5 Å². The molecule has 3 N–H and O–H groups in total. The molecule has 33 heavy (non-hydrogen) atoms. The zero-order valence-corrected chi connectivity index (χ0v) is 19.0. The maximum Gasteiger partial charge on any atom is 0.119 e. The van der Waals surface area contributed by atoms with Crippen molar-refractivity contribution in [1.29, 1.82) is 0 Å². The number of ether oxygens (including phenoxy) is 1. The van der Waals surface area contributed by atoms with E-state index >= 15 is 0 Å². The first kappa shape index (κ1) is 21.5. The molecule has 3 aromatic carbocycles. The summed E-state index contributed by atoms with van der Waals surface area (Å²) in [6, 6.07) is 25.0. The van der Waals surface area contributed by atoms with Gasteiger partial charge in [0, 0.05) is 11.6 Å². The fourth-order valence-electron chi connectivity index (χ4n) is 5.12. The first-order valence-corrected chi connectivity index (χ1v) is 11.8. The van der Waals surface area contributed by atoms with E-state index in [1.54, 1.807) is 7.11 Å². The molecular weight excluding hydrogens is 410 g/mol. The van der Waals surface area contributed by atoms with Gasteiger partial charge in [-0.1, -0.05) is 42.8 Å². The Kier molecular flexibility index (Phi) is 6.05. The predicted octanol–water partition coefficient (Wildman–Crippen LogP) is 5.48. The first-order valence-electron chi connectivity index (χ1n) is 11.8. The van der Waals surface area contributed by atoms with Crippen LogP contribution in [0.15, 0.2) is 77.9 Å². The van der Waals surface area contributed by atoms with Crippen LogP contribution in [0.2, 0.25) is 0 Å². The SMILES string of the molecule is COc1ccc(N2N=C(c3ccc(-c4ccc(N)cc4)cc3)[C@H]3CCCC(O)CC[C@@H]32)cc1. The number of nitrogens with two attached hydrogens (primary N) is 1. The standard InChI is InChI=1S/C28H31N3O2/c1-33-25-16-13-23(14-17-25)31-27-18-15-24(32)3-2-4-26(27)28(30-31)21-7-5-19(6-8-21)20-9-11-22(29)12-10-20/h5-14,16-17,24,26-27,32H,2-4,15,18,29H2,1H3/t24?,26-,27-/m0/s1. The number of anilines is 2. The van der Waals surface area contributed by atoms with Crippen LogP contribution in [0.1, 0.15) is 37.7 Å². The Morgan fingerprint density at radius 2 is 1.45 bits per heavy atom. The molecule has 1 unspecified atom stereocenters. The van der Waals surface area contributed by atoms with Gasteiger partial charge in [0.25, 0.3) is 0 Å². The molecule has 1 heterocycles. The lowest BCUT2D eigenvalue weighted by atomic mass is 9.81. The number of hydrogen-bond acceptors (Lipinski definition) is 5. The summed E-state index contributed by atoms with van der Waals surface area (Å²) >= 11 is 0. The molecule has 5 heteroatoms. The van der Waals surface area contributed by atoms with E-state index in [1.165, 1.54) is 11.1 Å². The number of aliphatic hydroxyl groups is 1. The zero-order chi connectivity index (χ0) is 22.8. The Bertz CT molecular complexity index is 1110. The monoisotopic (exact) mass is 441 g/mol. The molecule has 3 aromatic rings. The highest BCUT2D eigenvalue weighted by Gasteiger charge is 2.39. The van der Waals surface area contributed by atoms with Crippen molar-refractivity contribution < 1.29 is 9.84 Å². The number of hydrazone groups is 1. The van der Waals surface area contributed by atoms with Gasteiger partial charge < -0.3 is 15.6 Å². The molecule has 0 amide bonds. The molecule has 0 bridgehead atoms. The van der Waals surface area contributed by atoms with Crippen molar-refractivity contribution in [3.8, 4) is 16.9 Å². The minimum Gasteiger partial charge on any atom is -0.497 e. The van der Waals surface area contributed by atoms with Gasteiger partial charge >= 0.3 is 0 Å². The number of nitrogens with zero attached hydrogens (tertiary/aromatic N) is 2. The van der Waals surface area contributed by atoms with Gasteiger partial charge in [0.1, 0.15) is 5.75 Å². The molecular formula is C28H31N3O2. The van der Waals surface area contributed by atoms with Gasteiger partial charge in [-0.3, -0.25) is 5.01 Å². The van der Waals surface area contributed by atoms with E-state index in [-0.39, 0.29) is 12.1 Å². The molecule has 0 radical (unpaired) electrons. The normalized spacial score (nSPS) is 22.8. The van der Waals surface area contributed by atoms with E-state index in [9.17, 15) is 5.11 Å². The minimum absolute atomic E-state index is 0.216. The number of methoxy groups -OCH3 is 1. The highest BCUT2D eigenvalue weighted by Crippen LogP contribution is 2.38. The molecule has 3 atom stereocenters. The summed E-state index contributed by atoms with van der Waals surface area (Å²) in [5.74, 6) is 1.19. The van der Waals surface area contributed by atoms with Crippen molar-refractivity contribution in [2.24, 2.45) is 11.0 Å². The summed E-state index contributed by atoms with van der Waals surface area (Å²) in [5, 5.41) is 17.7. The predicted molar refractivity (Wildman–Crippen MR) is 135 cm³/mol. The first-order chi connectivity index (χ1) is 16.1. The fourth-order valence-corrected chi connectivity index (χ4v) is 5.12. The number of hydrogen-bond donors (Lipinski definition) is 2. The summed E-state index contributed by atoms with van der Waals surface area (Å²) in [4.78, 5) is 0. The summed E-state index contributed by atoms with van der Waals surface area (Å²) in [5.41, 5.74) is 12.3. The maximum atomic E-state index is 10.3. The summed E-state index contributed by atoms with van der Waals surface area (Å²) in [6.45, 7) is 0. The maximum absolute atomic E-state index is 10.3. The van der Waals surface area contributed by atoms with E-state index in [0.29, 0.717) is 5.92 Å². The molecule has 1 aliphatic carbocycles. The van der Waals surface area contributed by atoms with Crippen LogP contribution < -0.4 is 15.5 Å². The quantitative estimate of drug-likeness (QED) is 0.526. The highest BCUT2D eigenvalue weighted by atomic mass is 16.5. The van der Waals surface area contributed by atoms with Gasteiger partial charge in [-0.05, 0) is 78.8 Å². The van der Waals surface area contributed by atoms with Gasteiger partial charge in [-0.25, -0.2) is 0 Å². The number of rotatable bonds is 4. The average molecular weight is 442 g/mol. The van der Waals surface area contributed by atoms with Crippen LogP contribution in [-0.4, -0.2) is 30.1 Å². The zero-order valence-electron chi connectivity index (χ0n) is 19.0. The van der Waals surface area contributed by atoms with Gasteiger partial charge in [-0.15, -0.1) is 0 Å². The Morgan fingerprint density at radius 3 is 2.12 bits per heavy atom. The smallest absolute Gasteiger partial charge is 0.119 e. The summed E-state index contributed by atoms with van der Waals surface area (Å²) < 4.78 is 5.34. The Labute approximate surface area is 195 Å². The van der Waals surface area contributed by atoms with Crippen LogP contribution in [-0.2, 0) is 0 Å². The van der Waals surface area contributed by atoms with Crippen LogP contribution in [0.4, 0.5) is 11.4 Å². The second kappa shape index (κ2) is 9.28. The van der Waals surface area contributed by atoms with E-state index in [2.05, 4.69) is 53.5 Å². The molecule has 170 valence electrons. The molecule has 0 spiro atoms. The molecule has 0 aromatic heterocycles. The van der Waals surface area contributed by atoms with Gasteiger partial charge in [0.05, 0.1) is 30.7 Å². The van der Waals surface area contributed by atoms with Gasteiger partial charge in [0.2, 0.25) is 0 Å². The van der Waals surface area contributed by atoms with Crippen molar-refractivity contribution in [3.05, 3.63) is 78.4 Å². The molecule has 1 aliphatic heterocycles. The summed E-state index contributed by atoms with van der Waals surface area (Å²) in [6.07, 6.45) is 4.44. The number of benzene rings is 3. The largest absolute Gasteiger partial charge is 0.497 e. The lowest BCUT2D eigenvalue weighted by Crippen LogP contribution is -2.36. The molecule has 1 fully saturated rings. The molecule has 2 aliphatic rings. The van der Waals surface area contributed by atoms with E-state index < -0.39 is 0 Å². The lowest BCUT2D eigenvalue weighted by molar-refractivity contribution is 0.134. The van der Waals surface area contributed by atoms with Crippen molar-refractivity contribution in [1.82, 2.24) is 0 Å².